The second-order valence-electron chi connectivity index (χ2n) is 8.06. The number of nitriles is 1. The summed E-state index contributed by atoms with van der Waals surface area (Å²) in [4.78, 5) is 35.1. The van der Waals surface area contributed by atoms with Gasteiger partial charge in [0, 0.05) is 11.3 Å². The first-order valence-corrected chi connectivity index (χ1v) is 11.0. The first-order valence-electron chi connectivity index (χ1n) is 11.0. The zero-order valence-corrected chi connectivity index (χ0v) is 19.5. The van der Waals surface area contributed by atoms with Gasteiger partial charge in [0.2, 0.25) is 5.91 Å². The lowest BCUT2D eigenvalue weighted by Crippen LogP contribution is -2.21. The molecule has 1 atom stereocenters. The summed E-state index contributed by atoms with van der Waals surface area (Å²) in [5, 5.41) is 23.7. The number of carbonyl (C=O) groups is 2. The van der Waals surface area contributed by atoms with E-state index in [1.54, 1.807) is 43.3 Å². The topological polar surface area (TPSA) is 122 Å². The van der Waals surface area contributed by atoms with Crippen LogP contribution in [0.25, 0.3) is 0 Å². The first-order chi connectivity index (χ1) is 16.8. The normalized spacial score (nSPS) is 11.2. The lowest BCUT2D eigenvalue weighted by molar-refractivity contribution is -0.386. The monoisotopic (exact) mass is 471 g/mol. The number of aryl methyl sites for hydroxylation is 3. The van der Waals surface area contributed by atoms with Gasteiger partial charge in [0.15, 0.2) is 5.92 Å². The maximum Gasteiger partial charge on any atom is 0.337 e. The molecule has 1 unspecified atom stereocenters. The average Bonchev–Trinajstić information content (AvgIpc) is 2.85. The summed E-state index contributed by atoms with van der Waals surface area (Å²) in [6, 6.07) is 21.1. The fourth-order valence-electron chi connectivity index (χ4n) is 3.82. The summed E-state index contributed by atoms with van der Waals surface area (Å²) in [6.45, 7) is 1.57. The molecule has 0 fully saturated rings. The van der Waals surface area contributed by atoms with Crippen molar-refractivity contribution in [2.24, 2.45) is 0 Å². The van der Waals surface area contributed by atoms with Crippen LogP contribution in [0.1, 0.15) is 45.0 Å². The van der Waals surface area contributed by atoms with Crippen LogP contribution in [0.15, 0.2) is 66.7 Å². The molecule has 35 heavy (non-hydrogen) atoms. The first kappa shape index (κ1) is 25.1. The van der Waals surface area contributed by atoms with Crippen LogP contribution in [0, 0.1) is 28.4 Å². The van der Waals surface area contributed by atoms with Gasteiger partial charge in [0.05, 0.1) is 29.2 Å². The Morgan fingerprint density at radius 2 is 1.63 bits per heavy atom. The third-order valence-corrected chi connectivity index (χ3v) is 5.68. The van der Waals surface area contributed by atoms with Crippen molar-refractivity contribution in [3.63, 3.8) is 0 Å². The number of nitro groups is 1. The summed E-state index contributed by atoms with van der Waals surface area (Å²) in [5.41, 5.74) is 3.48. The highest BCUT2D eigenvalue weighted by atomic mass is 16.6. The molecule has 0 radical (unpaired) electrons. The number of benzene rings is 3. The van der Waals surface area contributed by atoms with Crippen LogP contribution in [0.2, 0.25) is 0 Å². The predicted octanol–water partition coefficient (Wildman–Crippen LogP) is 5.11. The fourth-order valence-corrected chi connectivity index (χ4v) is 3.82. The van der Waals surface area contributed by atoms with Crippen LogP contribution >= 0.6 is 0 Å². The van der Waals surface area contributed by atoms with E-state index in [9.17, 15) is 25.0 Å². The third kappa shape index (κ3) is 6.30. The highest BCUT2D eigenvalue weighted by Gasteiger charge is 2.29. The van der Waals surface area contributed by atoms with Crippen LogP contribution in [0.3, 0.4) is 0 Å². The summed E-state index contributed by atoms with van der Waals surface area (Å²) in [6.07, 6.45) is 2.57. The number of carbonyl (C=O) groups excluding carboxylic acids is 2. The standard InChI is InChI=1S/C27H25N3O5/c1-18-5-3-8-23(25(18)30(33)34)24(17-28)26(31)29-22-15-11-20(12-16-22)7-4-6-19-9-13-21(14-10-19)27(32)35-2/h3,5,8-16,24H,4,6-7H2,1-2H3,(H,29,31). The van der Waals surface area contributed by atoms with Gasteiger partial charge in [-0.3, -0.25) is 14.9 Å². The van der Waals surface area contributed by atoms with Gasteiger partial charge in [0.1, 0.15) is 0 Å². The number of nitro benzene ring substituents is 1. The maximum absolute atomic E-state index is 12.7. The van der Waals surface area contributed by atoms with E-state index in [2.05, 4.69) is 5.32 Å². The van der Waals surface area contributed by atoms with Crippen molar-refractivity contribution in [2.75, 3.05) is 12.4 Å². The van der Waals surface area contributed by atoms with Gasteiger partial charge in [-0.2, -0.15) is 5.26 Å². The highest BCUT2D eigenvalue weighted by Crippen LogP contribution is 2.30. The Balaban J connectivity index is 1.58. The van der Waals surface area contributed by atoms with E-state index in [4.69, 9.17) is 4.74 Å². The van der Waals surface area contributed by atoms with Gasteiger partial charge in [-0.25, -0.2) is 4.79 Å². The Hall–Kier alpha value is -4.51. The number of nitrogens with zero attached hydrogens (tertiary/aromatic N) is 2. The van der Waals surface area contributed by atoms with Gasteiger partial charge < -0.3 is 10.1 Å². The molecule has 0 bridgehead atoms. The van der Waals surface area contributed by atoms with E-state index in [1.807, 2.05) is 30.3 Å². The second-order valence-corrected chi connectivity index (χ2v) is 8.06. The number of rotatable bonds is 9. The Kier molecular flexibility index (Phi) is 8.30. The summed E-state index contributed by atoms with van der Waals surface area (Å²) >= 11 is 0. The van der Waals surface area contributed by atoms with Crippen molar-refractivity contribution in [2.45, 2.75) is 32.1 Å². The predicted molar refractivity (Wildman–Crippen MR) is 131 cm³/mol. The van der Waals surface area contributed by atoms with Crippen LogP contribution in [-0.4, -0.2) is 23.9 Å². The number of ether oxygens (including phenoxy) is 1. The van der Waals surface area contributed by atoms with E-state index in [0.717, 1.165) is 30.4 Å². The largest absolute Gasteiger partial charge is 0.465 e. The van der Waals surface area contributed by atoms with Crippen molar-refractivity contribution in [1.29, 1.82) is 5.26 Å². The van der Waals surface area contributed by atoms with E-state index in [1.165, 1.54) is 13.2 Å². The Morgan fingerprint density at radius 1 is 1.03 bits per heavy atom. The van der Waals surface area contributed by atoms with Gasteiger partial charge >= 0.3 is 5.97 Å². The van der Waals surface area contributed by atoms with Crippen molar-refractivity contribution in [1.82, 2.24) is 0 Å². The number of methoxy groups -OCH3 is 1. The van der Waals surface area contributed by atoms with Crippen molar-refractivity contribution < 1.29 is 19.2 Å². The molecule has 178 valence electrons. The number of esters is 1. The molecule has 0 heterocycles. The number of anilines is 1. The minimum atomic E-state index is -1.31. The molecular formula is C27H25N3O5. The summed E-state index contributed by atoms with van der Waals surface area (Å²) in [5.74, 6) is -2.29. The van der Waals surface area contributed by atoms with Crippen molar-refractivity contribution >= 4 is 23.3 Å². The average molecular weight is 472 g/mol. The van der Waals surface area contributed by atoms with E-state index in [0.29, 0.717) is 16.8 Å². The summed E-state index contributed by atoms with van der Waals surface area (Å²) in [7, 11) is 1.35. The lowest BCUT2D eigenvalue weighted by Gasteiger charge is -2.12. The fraction of sp³-hybridized carbons (Fsp3) is 0.222. The van der Waals surface area contributed by atoms with Gasteiger partial charge in [-0.05, 0) is 61.6 Å². The molecule has 3 aromatic rings. The third-order valence-electron chi connectivity index (χ3n) is 5.68. The molecule has 1 N–H and O–H groups in total. The van der Waals surface area contributed by atoms with Crippen LogP contribution in [0.5, 0.6) is 0 Å². The molecule has 3 rings (SSSR count). The molecule has 0 saturated carbocycles. The van der Waals surface area contributed by atoms with E-state index < -0.39 is 16.7 Å². The molecule has 0 aliphatic carbocycles. The number of hydrogen-bond donors (Lipinski definition) is 1. The molecule has 8 nitrogen and oxygen atoms in total. The Morgan fingerprint density at radius 3 is 2.17 bits per heavy atom. The molecule has 3 aromatic carbocycles. The van der Waals surface area contributed by atoms with Crippen LogP contribution in [-0.2, 0) is 22.4 Å². The molecule has 0 spiro atoms. The molecule has 0 aliphatic heterocycles. The molecule has 0 aliphatic rings. The number of hydrogen-bond acceptors (Lipinski definition) is 6. The number of para-hydroxylation sites is 1. The SMILES string of the molecule is COC(=O)c1ccc(CCCc2ccc(NC(=O)C(C#N)c3cccc(C)c3[N+](=O)[O-])cc2)cc1. The van der Waals surface area contributed by atoms with Crippen LogP contribution < -0.4 is 5.32 Å². The number of nitrogens with one attached hydrogen (secondary N) is 1. The highest BCUT2D eigenvalue weighted by molar-refractivity contribution is 5.98. The zero-order valence-electron chi connectivity index (χ0n) is 19.5. The maximum atomic E-state index is 12.7. The Bertz CT molecular complexity index is 1260. The Labute approximate surface area is 203 Å². The van der Waals surface area contributed by atoms with Gasteiger partial charge in [-0.15, -0.1) is 0 Å². The lowest BCUT2D eigenvalue weighted by atomic mass is 9.95. The second kappa shape index (κ2) is 11.6. The van der Waals surface area contributed by atoms with Gasteiger partial charge in [0.25, 0.3) is 5.69 Å². The smallest absolute Gasteiger partial charge is 0.337 e. The molecule has 0 saturated heterocycles. The quantitative estimate of drug-likeness (QED) is 0.263. The van der Waals surface area contributed by atoms with Crippen LogP contribution in [0.4, 0.5) is 11.4 Å². The molecule has 8 heteroatoms. The minimum absolute atomic E-state index is 0.0752. The molecule has 0 aromatic heterocycles. The van der Waals surface area contributed by atoms with Crippen molar-refractivity contribution in [3.05, 3.63) is 105 Å². The summed E-state index contributed by atoms with van der Waals surface area (Å²) < 4.78 is 4.70. The molecule has 1 amide bonds. The minimum Gasteiger partial charge on any atom is -0.465 e. The van der Waals surface area contributed by atoms with E-state index in [-0.39, 0.29) is 17.2 Å². The number of amides is 1. The van der Waals surface area contributed by atoms with E-state index >= 15 is 0 Å². The molecular weight excluding hydrogens is 446 g/mol. The zero-order chi connectivity index (χ0) is 25.4. The van der Waals surface area contributed by atoms with Crippen molar-refractivity contribution in [3.8, 4) is 6.07 Å². The van der Waals surface area contributed by atoms with Gasteiger partial charge in [-0.1, -0.05) is 42.5 Å².